The predicted molar refractivity (Wildman–Crippen MR) is 63.3 cm³/mol. The minimum absolute atomic E-state index is 0.321. The molecule has 0 atom stereocenters. The lowest BCUT2D eigenvalue weighted by Crippen LogP contribution is -2.44. The Labute approximate surface area is 100.0 Å². The van der Waals surface area contributed by atoms with Crippen molar-refractivity contribution in [1.29, 1.82) is 0 Å². The quantitative estimate of drug-likeness (QED) is 0.721. The number of nitrogens with zero attached hydrogens (tertiary/aromatic N) is 4. The van der Waals surface area contributed by atoms with Crippen LogP contribution in [0.4, 0.5) is 5.82 Å². The maximum atomic E-state index is 5.91. The van der Waals surface area contributed by atoms with Gasteiger partial charge in [-0.15, -0.1) is 0 Å². The van der Waals surface area contributed by atoms with E-state index in [0.29, 0.717) is 11.2 Å². The van der Waals surface area contributed by atoms with Crippen LogP contribution in [0.15, 0.2) is 6.07 Å². The number of rotatable bonds is 2. The van der Waals surface area contributed by atoms with E-state index >= 15 is 0 Å². The van der Waals surface area contributed by atoms with Crippen molar-refractivity contribution in [2.45, 2.75) is 0 Å². The summed E-state index contributed by atoms with van der Waals surface area (Å²) in [5.41, 5.74) is 0. The zero-order chi connectivity index (χ0) is 11.5. The van der Waals surface area contributed by atoms with Gasteiger partial charge in [0.05, 0.1) is 7.11 Å². The van der Waals surface area contributed by atoms with E-state index in [1.54, 1.807) is 13.2 Å². The van der Waals surface area contributed by atoms with Crippen LogP contribution in [0.25, 0.3) is 0 Å². The maximum absolute atomic E-state index is 5.91. The van der Waals surface area contributed by atoms with E-state index in [0.717, 1.165) is 32.0 Å². The molecule has 2 heterocycles. The van der Waals surface area contributed by atoms with Gasteiger partial charge in [-0.1, -0.05) is 11.6 Å². The van der Waals surface area contributed by atoms with Crippen molar-refractivity contribution in [1.82, 2.24) is 14.9 Å². The molecule has 1 fully saturated rings. The van der Waals surface area contributed by atoms with Gasteiger partial charge >= 0.3 is 6.01 Å². The molecule has 0 amide bonds. The Morgan fingerprint density at radius 1 is 1.25 bits per heavy atom. The summed E-state index contributed by atoms with van der Waals surface area (Å²) in [5.74, 6) is 0.838. The molecule has 0 aliphatic carbocycles. The van der Waals surface area contributed by atoms with Gasteiger partial charge in [-0.2, -0.15) is 9.97 Å². The summed E-state index contributed by atoms with van der Waals surface area (Å²) in [4.78, 5) is 12.7. The highest BCUT2D eigenvalue weighted by Gasteiger charge is 2.16. The van der Waals surface area contributed by atoms with Crippen LogP contribution in [0.5, 0.6) is 6.01 Å². The third kappa shape index (κ3) is 2.54. The van der Waals surface area contributed by atoms with Crippen LogP contribution < -0.4 is 9.64 Å². The summed E-state index contributed by atoms with van der Waals surface area (Å²) < 4.78 is 5.00. The fourth-order valence-electron chi connectivity index (χ4n) is 1.67. The zero-order valence-electron chi connectivity index (χ0n) is 9.48. The molecule has 88 valence electrons. The first-order valence-corrected chi connectivity index (χ1v) is 5.59. The van der Waals surface area contributed by atoms with Gasteiger partial charge < -0.3 is 14.5 Å². The molecule has 1 aromatic rings. The molecule has 5 nitrogen and oxygen atoms in total. The molecule has 1 aliphatic rings. The van der Waals surface area contributed by atoms with Crippen molar-refractivity contribution in [2.24, 2.45) is 0 Å². The first kappa shape index (κ1) is 11.4. The van der Waals surface area contributed by atoms with Crippen molar-refractivity contribution >= 4 is 17.4 Å². The number of halogens is 1. The van der Waals surface area contributed by atoms with E-state index in [1.165, 1.54) is 0 Å². The predicted octanol–water partition coefficient (Wildman–Crippen LogP) is 0.890. The summed E-state index contributed by atoms with van der Waals surface area (Å²) in [6.45, 7) is 3.97. The van der Waals surface area contributed by atoms with Gasteiger partial charge in [0.2, 0.25) is 0 Å². The molecule has 16 heavy (non-hydrogen) atoms. The van der Waals surface area contributed by atoms with Crippen LogP contribution in [-0.2, 0) is 0 Å². The number of ether oxygens (including phenoxy) is 1. The van der Waals surface area contributed by atoms with Crippen molar-refractivity contribution in [3.63, 3.8) is 0 Å². The van der Waals surface area contributed by atoms with E-state index in [-0.39, 0.29) is 0 Å². The monoisotopic (exact) mass is 242 g/mol. The second-order valence-electron chi connectivity index (χ2n) is 3.83. The van der Waals surface area contributed by atoms with Crippen molar-refractivity contribution in [3.05, 3.63) is 11.2 Å². The van der Waals surface area contributed by atoms with Crippen molar-refractivity contribution in [3.8, 4) is 6.01 Å². The Kier molecular flexibility index (Phi) is 3.46. The summed E-state index contributed by atoms with van der Waals surface area (Å²) in [5, 5.41) is 0.417. The molecule has 0 aromatic carbocycles. The zero-order valence-corrected chi connectivity index (χ0v) is 10.2. The average Bonchev–Trinajstić information content (AvgIpc) is 2.29. The summed E-state index contributed by atoms with van der Waals surface area (Å²) in [6.07, 6.45) is 0. The number of piperazine rings is 1. The summed E-state index contributed by atoms with van der Waals surface area (Å²) >= 11 is 5.91. The molecule has 0 N–H and O–H groups in total. The molecule has 0 bridgehead atoms. The molecule has 0 radical (unpaired) electrons. The van der Waals surface area contributed by atoms with Gasteiger partial charge in [0.25, 0.3) is 0 Å². The Morgan fingerprint density at radius 3 is 2.56 bits per heavy atom. The van der Waals surface area contributed by atoms with Gasteiger partial charge in [-0.3, -0.25) is 0 Å². The van der Waals surface area contributed by atoms with E-state index < -0.39 is 0 Å². The normalized spacial score (nSPS) is 17.6. The van der Waals surface area contributed by atoms with E-state index in [2.05, 4.69) is 26.8 Å². The summed E-state index contributed by atoms with van der Waals surface area (Å²) in [7, 11) is 3.66. The third-order valence-electron chi connectivity index (χ3n) is 2.67. The molecule has 6 heteroatoms. The van der Waals surface area contributed by atoms with Crippen molar-refractivity contribution in [2.75, 3.05) is 45.2 Å². The van der Waals surface area contributed by atoms with Gasteiger partial charge in [-0.05, 0) is 7.05 Å². The molecule has 2 rings (SSSR count). The Hall–Kier alpha value is -1.07. The number of aromatic nitrogens is 2. The lowest BCUT2D eigenvalue weighted by Gasteiger charge is -2.33. The molecule has 0 spiro atoms. The SMILES string of the molecule is COc1nc(Cl)cc(N2CCN(C)CC2)n1. The highest BCUT2D eigenvalue weighted by atomic mass is 35.5. The standard InChI is InChI=1S/C10H15ClN4O/c1-14-3-5-15(6-4-14)9-7-8(11)12-10(13-9)16-2/h7H,3-6H2,1-2H3. The highest BCUT2D eigenvalue weighted by Crippen LogP contribution is 2.20. The van der Waals surface area contributed by atoms with Gasteiger partial charge in [0.1, 0.15) is 11.0 Å². The lowest BCUT2D eigenvalue weighted by atomic mass is 10.3. The van der Waals surface area contributed by atoms with Crippen LogP contribution in [-0.4, -0.2) is 55.2 Å². The Bertz CT molecular complexity index is 366. The number of methoxy groups -OCH3 is 1. The third-order valence-corrected chi connectivity index (χ3v) is 2.86. The molecule has 1 saturated heterocycles. The van der Waals surface area contributed by atoms with Crippen molar-refractivity contribution < 1.29 is 4.74 Å². The second kappa shape index (κ2) is 4.84. The largest absolute Gasteiger partial charge is 0.467 e. The number of likely N-dealkylation sites (N-methyl/N-ethyl adjacent to an activating group) is 1. The van der Waals surface area contributed by atoms with E-state index in [4.69, 9.17) is 16.3 Å². The fraction of sp³-hybridized carbons (Fsp3) is 0.600. The molecular weight excluding hydrogens is 228 g/mol. The van der Waals surface area contributed by atoms with Crippen LogP contribution >= 0.6 is 11.6 Å². The van der Waals surface area contributed by atoms with E-state index in [9.17, 15) is 0 Å². The maximum Gasteiger partial charge on any atom is 0.319 e. The average molecular weight is 243 g/mol. The Balaban J connectivity index is 2.16. The van der Waals surface area contributed by atoms with Crippen LogP contribution in [0.2, 0.25) is 5.15 Å². The molecular formula is C10H15ClN4O. The topological polar surface area (TPSA) is 41.5 Å². The Morgan fingerprint density at radius 2 is 1.94 bits per heavy atom. The van der Waals surface area contributed by atoms with Crippen LogP contribution in [0.1, 0.15) is 0 Å². The minimum Gasteiger partial charge on any atom is -0.467 e. The van der Waals surface area contributed by atoms with Gasteiger partial charge in [0, 0.05) is 32.2 Å². The lowest BCUT2D eigenvalue weighted by molar-refractivity contribution is 0.311. The first-order valence-electron chi connectivity index (χ1n) is 5.21. The number of hydrogen-bond acceptors (Lipinski definition) is 5. The smallest absolute Gasteiger partial charge is 0.319 e. The highest BCUT2D eigenvalue weighted by molar-refractivity contribution is 6.29. The van der Waals surface area contributed by atoms with Gasteiger partial charge in [0.15, 0.2) is 0 Å². The molecule has 1 aromatic heterocycles. The van der Waals surface area contributed by atoms with Gasteiger partial charge in [-0.25, -0.2) is 0 Å². The molecule has 0 unspecified atom stereocenters. The van der Waals surface area contributed by atoms with E-state index in [1.807, 2.05) is 0 Å². The first-order chi connectivity index (χ1) is 7.69. The number of anilines is 1. The fourth-order valence-corrected chi connectivity index (χ4v) is 1.84. The summed E-state index contributed by atoms with van der Waals surface area (Å²) in [6, 6.07) is 2.09. The van der Waals surface area contributed by atoms with Crippen LogP contribution in [0, 0.1) is 0 Å². The number of hydrogen-bond donors (Lipinski definition) is 0. The minimum atomic E-state index is 0.321. The van der Waals surface area contributed by atoms with Crippen LogP contribution in [0.3, 0.4) is 0 Å². The second-order valence-corrected chi connectivity index (χ2v) is 4.21. The molecule has 1 aliphatic heterocycles. The molecule has 0 saturated carbocycles.